The molecule has 2 aromatic carbocycles. The third-order valence-corrected chi connectivity index (χ3v) is 2.56. The fourth-order valence-electron chi connectivity index (χ4n) is 1.72. The van der Waals surface area contributed by atoms with E-state index in [1.807, 2.05) is 24.3 Å². The van der Waals surface area contributed by atoms with Crippen LogP contribution in [0.3, 0.4) is 0 Å². The molecular weight excluding hydrogens is 218 g/mol. The second kappa shape index (κ2) is 5.69. The largest absolute Gasteiger partial charge is 0.320 e. The van der Waals surface area contributed by atoms with Crippen molar-refractivity contribution in [1.29, 1.82) is 0 Å². The van der Waals surface area contributed by atoms with Crippen LogP contribution >= 0.6 is 12.4 Å². The summed E-state index contributed by atoms with van der Waals surface area (Å²) < 4.78 is 0. The minimum Gasteiger partial charge on any atom is -0.320 e. The molecule has 84 valence electrons. The lowest BCUT2D eigenvalue weighted by molar-refractivity contribution is 0.870. The van der Waals surface area contributed by atoms with Gasteiger partial charge in [-0.3, -0.25) is 0 Å². The van der Waals surface area contributed by atoms with Crippen LogP contribution in [0, 0.1) is 6.92 Å². The molecule has 2 N–H and O–H groups in total. The molecule has 0 saturated heterocycles. The highest BCUT2D eigenvalue weighted by Crippen LogP contribution is 2.19. The molecule has 1 nitrogen and oxygen atoms in total. The monoisotopic (exact) mass is 233 g/mol. The van der Waals surface area contributed by atoms with Gasteiger partial charge in [0.15, 0.2) is 0 Å². The minimum absolute atomic E-state index is 0. The van der Waals surface area contributed by atoms with Gasteiger partial charge in [-0.25, -0.2) is 0 Å². The summed E-state index contributed by atoms with van der Waals surface area (Å²) in [7, 11) is 0. The number of hydrogen-bond donors (Lipinski definition) is 1. The van der Waals surface area contributed by atoms with Crippen molar-refractivity contribution in [2.45, 2.75) is 13.0 Å². The second-order valence-corrected chi connectivity index (χ2v) is 3.80. The molecule has 1 unspecified atom stereocenters. The second-order valence-electron chi connectivity index (χ2n) is 3.80. The first-order valence-electron chi connectivity index (χ1n) is 5.14. The number of hydrogen-bond acceptors (Lipinski definition) is 1. The van der Waals surface area contributed by atoms with Gasteiger partial charge in [0, 0.05) is 0 Å². The molecule has 0 bridgehead atoms. The molecule has 0 aliphatic carbocycles. The Balaban J connectivity index is 0.00000128. The number of nitrogens with two attached hydrogens (primary N) is 1. The van der Waals surface area contributed by atoms with Crippen LogP contribution in [0.25, 0.3) is 0 Å². The zero-order valence-corrected chi connectivity index (χ0v) is 10.1. The smallest absolute Gasteiger partial charge is 0.0551 e. The fourth-order valence-corrected chi connectivity index (χ4v) is 1.72. The minimum atomic E-state index is -0.0221. The van der Waals surface area contributed by atoms with Crippen molar-refractivity contribution >= 4 is 12.4 Å². The molecule has 16 heavy (non-hydrogen) atoms. The number of halogens is 1. The highest BCUT2D eigenvalue weighted by atomic mass is 35.5. The molecule has 0 fully saturated rings. The van der Waals surface area contributed by atoms with Crippen LogP contribution in [0.4, 0.5) is 0 Å². The van der Waals surface area contributed by atoms with Crippen LogP contribution < -0.4 is 5.73 Å². The lowest BCUT2D eigenvalue weighted by atomic mass is 9.98. The van der Waals surface area contributed by atoms with Crippen LogP contribution in [-0.4, -0.2) is 0 Å². The predicted octanol–water partition coefficient (Wildman–Crippen LogP) is 3.46. The predicted molar refractivity (Wildman–Crippen MR) is 70.9 cm³/mol. The normalized spacial score (nSPS) is 11.6. The Kier molecular flexibility index (Phi) is 4.53. The van der Waals surface area contributed by atoms with Crippen LogP contribution in [0.2, 0.25) is 0 Å². The standard InChI is InChI=1S/C14H15N.ClH/c1-11-6-5-9-13(10-11)14(15)12-7-3-2-4-8-12;/h2-10,14H,15H2,1H3;1H. The SMILES string of the molecule is Cc1cccc(C(N)c2ccccc2)c1.Cl. The Labute approximate surface area is 103 Å². The first-order chi connectivity index (χ1) is 7.27. The first kappa shape index (κ1) is 12.8. The molecule has 0 spiro atoms. The average Bonchev–Trinajstić information content (AvgIpc) is 2.29. The summed E-state index contributed by atoms with van der Waals surface area (Å²) in [5, 5.41) is 0. The fraction of sp³-hybridized carbons (Fsp3) is 0.143. The molecule has 0 saturated carbocycles. The molecule has 0 aliphatic heterocycles. The molecule has 0 radical (unpaired) electrons. The van der Waals surface area contributed by atoms with Crippen molar-refractivity contribution in [2.24, 2.45) is 5.73 Å². The van der Waals surface area contributed by atoms with E-state index in [1.54, 1.807) is 0 Å². The van der Waals surface area contributed by atoms with E-state index >= 15 is 0 Å². The van der Waals surface area contributed by atoms with Crippen molar-refractivity contribution < 1.29 is 0 Å². The van der Waals surface area contributed by atoms with E-state index in [0.717, 1.165) is 5.56 Å². The Bertz CT molecular complexity index is 439. The number of rotatable bonds is 2. The van der Waals surface area contributed by atoms with Crippen LogP contribution in [0.1, 0.15) is 22.7 Å². The summed E-state index contributed by atoms with van der Waals surface area (Å²) in [6.45, 7) is 2.08. The summed E-state index contributed by atoms with van der Waals surface area (Å²) in [5.41, 5.74) is 9.76. The van der Waals surface area contributed by atoms with Gasteiger partial charge >= 0.3 is 0 Å². The molecule has 0 aliphatic rings. The lowest BCUT2D eigenvalue weighted by Crippen LogP contribution is -2.11. The molecule has 0 aromatic heterocycles. The molecule has 0 heterocycles. The lowest BCUT2D eigenvalue weighted by Gasteiger charge is -2.12. The van der Waals surface area contributed by atoms with Crippen molar-refractivity contribution in [3.05, 3.63) is 71.3 Å². The Morgan fingerprint density at radius 3 is 2.12 bits per heavy atom. The summed E-state index contributed by atoms with van der Waals surface area (Å²) in [6.07, 6.45) is 0. The maximum Gasteiger partial charge on any atom is 0.0551 e. The third-order valence-electron chi connectivity index (χ3n) is 2.56. The molecule has 2 heteroatoms. The summed E-state index contributed by atoms with van der Waals surface area (Å²) >= 11 is 0. The van der Waals surface area contributed by atoms with Gasteiger partial charge in [0.25, 0.3) is 0 Å². The highest BCUT2D eigenvalue weighted by molar-refractivity contribution is 5.85. The Morgan fingerprint density at radius 2 is 1.50 bits per heavy atom. The zero-order chi connectivity index (χ0) is 10.7. The van der Waals surface area contributed by atoms with E-state index < -0.39 is 0 Å². The van der Waals surface area contributed by atoms with Crippen LogP contribution in [0.15, 0.2) is 54.6 Å². The van der Waals surface area contributed by atoms with E-state index in [1.165, 1.54) is 11.1 Å². The van der Waals surface area contributed by atoms with Crippen molar-refractivity contribution in [3.8, 4) is 0 Å². The highest BCUT2D eigenvalue weighted by Gasteiger charge is 2.07. The van der Waals surface area contributed by atoms with E-state index in [-0.39, 0.29) is 18.4 Å². The van der Waals surface area contributed by atoms with Crippen molar-refractivity contribution in [2.75, 3.05) is 0 Å². The van der Waals surface area contributed by atoms with Crippen LogP contribution in [-0.2, 0) is 0 Å². The quantitative estimate of drug-likeness (QED) is 0.845. The molecular formula is C14H16ClN. The zero-order valence-electron chi connectivity index (χ0n) is 9.26. The summed E-state index contributed by atoms with van der Waals surface area (Å²) in [6, 6.07) is 18.5. The van der Waals surface area contributed by atoms with Crippen LogP contribution in [0.5, 0.6) is 0 Å². The topological polar surface area (TPSA) is 26.0 Å². The average molecular weight is 234 g/mol. The van der Waals surface area contributed by atoms with E-state index in [0.29, 0.717) is 0 Å². The van der Waals surface area contributed by atoms with Crippen molar-refractivity contribution in [1.82, 2.24) is 0 Å². The maximum atomic E-state index is 6.19. The third kappa shape index (κ3) is 2.84. The number of aryl methyl sites for hydroxylation is 1. The number of benzene rings is 2. The van der Waals surface area contributed by atoms with Gasteiger partial charge in [0.05, 0.1) is 6.04 Å². The van der Waals surface area contributed by atoms with E-state index in [4.69, 9.17) is 5.73 Å². The van der Waals surface area contributed by atoms with Crippen molar-refractivity contribution in [3.63, 3.8) is 0 Å². The Morgan fingerprint density at radius 1 is 0.875 bits per heavy atom. The summed E-state index contributed by atoms with van der Waals surface area (Å²) in [5.74, 6) is 0. The van der Waals surface area contributed by atoms with Gasteiger partial charge < -0.3 is 5.73 Å². The van der Waals surface area contributed by atoms with Gasteiger partial charge in [-0.15, -0.1) is 12.4 Å². The van der Waals surface area contributed by atoms with Gasteiger partial charge in [-0.05, 0) is 18.1 Å². The van der Waals surface area contributed by atoms with E-state index in [9.17, 15) is 0 Å². The van der Waals surface area contributed by atoms with Gasteiger partial charge in [0.1, 0.15) is 0 Å². The first-order valence-corrected chi connectivity index (χ1v) is 5.14. The molecule has 2 rings (SSSR count). The summed E-state index contributed by atoms with van der Waals surface area (Å²) in [4.78, 5) is 0. The molecule has 1 atom stereocenters. The molecule has 2 aromatic rings. The Hall–Kier alpha value is -1.31. The maximum absolute atomic E-state index is 6.19. The molecule has 0 amide bonds. The van der Waals surface area contributed by atoms with Gasteiger partial charge in [0.2, 0.25) is 0 Å². The van der Waals surface area contributed by atoms with Gasteiger partial charge in [-0.1, -0.05) is 60.2 Å². The van der Waals surface area contributed by atoms with E-state index in [2.05, 4.69) is 37.3 Å². The van der Waals surface area contributed by atoms with Gasteiger partial charge in [-0.2, -0.15) is 0 Å².